The number of pyridine rings is 1. The number of hydrogen-bond donors (Lipinski definition) is 1. The average molecular weight is 311 g/mol. The van der Waals surface area contributed by atoms with Gasteiger partial charge < -0.3 is 10.3 Å². The second kappa shape index (κ2) is 6.54. The van der Waals surface area contributed by atoms with Crippen molar-refractivity contribution >= 4 is 18.3 Å². The summed E-state index contributed by atoms with van der Waals surface area (Å²) < 4.78 is 14.7. The van der Waals surface area contributed by atoms with Crippen molar-refractivity contribution in [2.75, 3.05) is 0 Å². The number of halogens is 2. The second-order valence-corrected chi connectivity index (χ2v) is 4.83. The first-order valence-corrected chi connectivity index (χ1v) is 6.21. The van der Waals surface area contributed by atoms with E-state index < -0.39 is 11.3 Å². The molecule has 0 radical (unpaired) electrons. The fourth-order valence-corrected chi connectivity index (χ4v) is 1.91. The summed E-state index contributed by atoms with van der Waals surface area (Å²) in [4.78, 5) is 23.6. The van der Waals surface area contributed by atoms with E-state index in [4.69, 9.17) is 5.73 Å². The molecular weight excluding hydrogens is 295 g/mol. The highest BCUT2D eigenvalue weighted by Crippen LogP contribution is 2.18. The third kappa shape index (κ3) is 3.49. The monoisotopic (exact) mass is 310 g/mol. The first-order valence-electron chi connectivity index (χ1n) is 6.21. The van der Waals surface area contributed by atoms with Gasteiger partial charge in [-0.25, -0.2) is 4.39 Å². The maximum absolute atomic E-state index is 13.0. The van der Waals surface area contributed by atoms with E-state index in [1.54, 1.807) is 10.8 Å². The third-order valence-corrected chi connectivity index (χ3v) is 3.06. The number of nitrogens with two attached hydrogens (primary N) is 1. The van der Waals surface area contributed by atoms with Gasteiger partial charge in [0.2, 0.25) is 5.43 Å². The van der Waals surface area contributed by atoms with Crippen LogP contribution in [0, 0.1) is 5.82 Å². The highest BCUT2D eigenvalue weighted by atomic mass is 35.5. The lowest BCUT2D eigenvalue weighted by atomic mass is 10.0. The minimum atomic E-state index is -0.770. The van der Waals surface area contributed by atoms with Crippen molar-refractivity contribution in [3.63, 3.8) is 0 Å². The summed E-state index contributed by atoms with van der Waals surface area (Å²) in [6.07, 6.45) is 3.09. The molecule has 0 aliphatic carbocycles. The quantitative estimate of drug-likeness (QED) is 0.947. The van der Waals surface area contributed by atoms with E-state index in [2.05, 4.69) is 0 Å². The zero-order valence-electron chi connectivity index (χ0n) is 11.7. The van der Waals surface area contributed by atoms with E-state index in [9.17, 15) is 14.0 Å². The van der Waals surface area contributed by atoms with Crippen molar-refractivity contribution in [1.29, 1.82) is 0 Å². The Balaban J connectivity index is 0.00000220. The summed E-state index contributed by atoms with van der Waals surface area (Å²) in [6.45, 7) is 3.84. The molecule has 1 aromatic heterocycles. The fraction of sp³-hybridized carbons (Fsp3) is 0.200. The Morgan fingerprint density at radius 1 is 1.19 bits per heavy atom. The van der Waals surface area contributed by atoms with Crippen LogP contribution < -0.4 is 11.2 Å². The molecule has 0 saturated carbocycles. The molecule has 2 aromatic rings. The van der Waals surface area contributed by atoms with Crippen LogP contribution in [0.2, 0.25) is 0 Å². The lowest BCUT2D eigenvalue weighted by Crippen LogP contribution is -2.25. The van der Waals surface area contributed by atoms with Gasteiger partial charge in [-0.05, 0) is 31.5 Å². The molecule has 2 N–H and O–H groups in total. The molecular formula is C15H16ClFN2O2. The van der Waals surface area contributed by atoms with Crippen LogP contribution in [0.1, 0.15) is 30.2 Å². The smallest absolute Gasteiger partial charge is 0.254 e. The minimum absolute atomic E-state index is 0. The molecule has 4 nitrogen and oxygen atoms in total. The van der Waals surface area contributed by atoms with Crippen molar-refractivity contribution in [3.05, 3.63) is 58.3 Å². The lowest BCUT2D eigenvalue weighted by Gasteiger charge is -2.14. The van der Waals surface area contributed by atoms with E-state index in [-0.39, 0.29) is 29.8 Å². The maximum atomic E-state index is 13.0. The molecule has 0 bridgehead atoms. The Morgan fingerprint density at radius 2 is 1.76 bits per heavy atom. The summed E-state index contributed by atoms with van der Waals surface area (Å²) >= 11 is 0. The number of aromatic nitrogens is 1. The van der Waals surface area contributed by atoms with Crippen molar-refractivity contribution < 1.29 is 9.18 Å². The predicted molar refractivity (Wildman–Crippen MR) is 82.2 cm³/mol. The molecule has 0 aliphatic rings. The van der Waals surface area contributed by atoms with Gasteiger partial charge in [0, 0.05) is 24.0 Å². The molecule has 0 unspecified atom stereocenters. The molecule has 0 atom stereocenters. The number of benzene rings is 1. The van der Waals surface area contributed by atoms with Crippen LogP contribution in [0.4, 0.5) is 4.39 Å². The number of rotatable bonds is 3. The molecule has 0 aliphatic heterocycles. The summed E-state index contributed by atoms with van der Waals surface area (Å²) in [7, 11) is 0. The highest BCUT2D eigenvalue weighted by Gasteiger charge is 2.14. The van der Waals surface area contributed by atoms with Crippen LogP contribution in [0.3, 0.4) is 0 Å². The molecule has 1 heterocycles. The number of hydrogen-bond acceptors (Lipinski definition) is 2. The normalized spacial score (nSPS) is 10.3. The Labute approximate surface area is 127 Å². The predicted octanol–water partition coefficient (Wildman–Crippen LogP) is 2.76. The Kier molecular flexibility index (Phi) is 5.27. The van der Waals surface area contributed by atoms with Crippen molar-refractivity contribution in [2.24, 2.45) is 5.73 Å². The standard InChI is InChI=1S/C15H15FN2O2.ClH/c1-9(2)18-7-12(10-3-5-11(16)6-4-10)14(19)13(8-18)15(17)20;/h3-9H,1-2H3,(H2,17,20);1H. The lowest BCUT2D eigenvalue weighted by molar-refractivity contribution is 0.0998. The molecule has 1 amide bonds. The molecule has 0 fully saturated rings. The summed E-state index contributed by atoms with van der Waals surface area (Å²) in [5.41, 5.74) is 5.61. The minimum Gasteiger partial charge on any atom is -0.365 e. The summed E-state index contributed by atoms with van der Waals surface area (Å²) in [5.74, 6) is -1.16. The number of primary amides is 1. The SMILES string of the molecule is CC(C)n1cc(C(N)=O)c(=O)c(-c2ccc(F)cc2)c1.Cl. The Morgan fingerprint density at radius 3 is 2.24 bits per heavy atom. The van der Waals surface area contributed by atoms with Crippen molar-refractivity contribution in [3.8, 4) is 11.1 Å². The van der Waals surface area contributed by atoms with Crippen molar-refractivity contribution in [2.45, 2.75) is 19.9 Å². The van der Waals surface area contributed by atoms with Crippen molar-refractivity contribution in [1.82, 2.24) is 4.57 Å². The van der Waals surface area contributed by atoms with Crippen LogP contribution in [-0.4, -0.2) is 10.5 Å². The van der Waals surface area contributed by atoms with Crippen LogP contribution >= 0.6 is 12.4 Å². The van der Waals surface area contributed by atoms with Gasteiger partial charge in [0.05, 0.1) is 0 Å². The number of nitrogens with zero attached hydrogens (tertiary/aromatic N) is 1. The highest BCUT2D eigenvalue weighted by molar-refractivity contribution is 5.93. The summed E-state index contributed by atoms with van der Waals surface area (Å²) in [5, 5.41) is 0. The topological polar surface area (TPSA) is 65.1 Å². The average Bonchev–Trinajstić information content (AvgIpc) is 2.39. The van der Waals surface area contributed by atoms with Gasteiger partial charge in [0.1, 0.15) is 11.4 Å². The Hall–Kier alpha value is -2.14. The maximum Gasteiger partial charge on any atom is 0.254 e. The molecule has 2 rings (SSSR count). The summed E-state index contributed by atoms with van der Waals surface area (Å²) in [6, 6.07) is 5.60. The zero-order valence-corrected chi connectivity index (χ0v) is 12.5. The largest absolute Gasteiger partial charge is 0.365 e. The molecule has 112 valence electrons. The second-order valence-electron chi connectivity index (χ2n) is 4.83. The van der Waals surface area contributed by atoms with Crippen LogP contribution in [-0.2, 0) is 0 Å². The van der Waals surface area contributed by atoms with Crippen LogP contribution in [0.5, 0.6) is 0 Å². The number of carbonyl (C=O) groups excluding carboxylic acids is 1. The van der Waals surface area contributed by atoms with Crippen LogP contribution in [0.25, 0.3) is 11.1 Å². The Bertz CT molecular complexity index is 709. The van der Waals surface area contributed by atoms with Gasteiger partial charge in [0.25, 0.3) is 5.91 Å². The van der Waals surface area contributed by atoms with Gasteiger partial charge >= 0.3 is 0 Å². The first-order chi connectivity index (χ1) is 9.40. The third-order valence-electron chi connectivity index (χ3n) is 3.06. The number of amides is 1. The van der Waals surface area contributed by atoms with E-state index >= 15 is 0 Å². The van der Waals surface area contributed by atoms with E-state index in [0.717, 1.165) is 0 Å². The molecule has 21 heavy (non-hydrogen) atoms. The van der Waals surface area contributed by atoms with E-state index in [1.807, 2.05) is 13.8 Å². The van der Waals surface area contributed by atoms with Gasteiger partial charge in [-0.2, -0.15) is 0 Å². The first kappa shape index (κ1) is 16.9. The van der Waals surface area contributed by atoms with Gasteiger partial charge in [-0.15, -0.1) is 12.4 Å². The molecule has 6 heteroatoms. The zero-order chi connectivity index (χ0) is 14.9. The van der Waals surface area contributed by atoms with Gasteiger partial charge in [0.15, 0.2) is 0 Å². The van der Waals surface area contributed by atoms with Gasteiger partial charge in [-0.3, -0.25) is 9.59 Å². The van der Waals surface area contributed by atoms with E-state index in [0.29, 0.717) is 11.1 Å². The molecule has 0 saturated heterocycles. The van der Waals surface area contributed by atoms with E-state index in [1.165, 1.54) is 30.5 Å². The fourth-order valence-electron chi connectivity index (χ4n) is 1.91. The number of carbonyl (C=O) groups is 1. The van der Waals surface area contributed by atoms with Crippen LogP contribution in [0.15, 0.2) is 41.5 Å². The molecule has 1 aromatic carbocycles. The van der Waals surface area contributed by atoms with Gasteiger partial charge in [-0.1, -0.05) is 12.1 Å². The molecule has 0 spiro atoms.